The Kier molecular flexibility index (Phi) is 4.90. The molecule has 0 fully saturated rings. The van der Waals surface area contributed by atoms with Crippen LogP contribution in [0.2, 0.25) is 0 Å². The van der Waals surface area contributed by atoms with Crippen LogP contribution in [0.3, 0.4) is 0 Å². The minimum atomic E-state index is -5.01. The van der Waals surface area contributed by atoms with Crippen molar-refractivity contribution in [1.82, 2.24) is 0 Å². The van der Waals surface area contributed by atoms with Gasteiger partial charge in [0.25, 0.3) is 0 Å². The Morgan fingerprint density at radius 3 is 2.55 bits per heavy atom. The number of halogens is 3. The summed E-state index contributed by atoms with van der Waals surface area (Å²) in [6, 6.07) is 4.14. The van der Waals surface area contributed by atoms with Gasteiger partial charge in [0.2, 0.25) is 5.78 Å². The fourth-order valence-electron chi connectivity index (χ4n) is 1.30. The third-order valence-electron chi connectivity index (χ3n) is 2.32. The summed E-state index contributed by atoms with van der Waals surface area (Å²) in [5.41, 5.74) is 0.437. The van der Waals surface area contributed by atoms with E-state index in [-0.39, 0.29) is 11.5 Å². The Labute approximate surface area is 112 Å². The van der Waals surface area contributed by atoms with Gasteiger partial charge in [-0.2, -0.15) is 13.2 Å². The highest BCUT2D eigenvalue weighted by atomic mass is 19.4. The Morgan fingerprint density at radius 1 is 1.35 bits per heavy atom. The van der Waals surface area contributed by atoms with E-state index in [9.17, 15) is 27.9 Å². The molecule has 0 radical (unpaired) electrons. The molecule has 0 atom stereocenters. The summed E-state index contributed by atoms with van der Waals surface area (Å²) < 4.78 is 40.7. The number of phenolic OH excluding ortho intramolecular Hbond substituents is 1. The fraction of sp³-hybridized carbons (Fsp3) is 0.231. The van der Waals surface area contributed by atoms with E-state index in [4.69, 9.17) is 4.74 Å². The lowest BCUT2D eigenvalue weighted by Crippen LogP contribution is -2.24. The minimum Gasteiger partial charge on any atom is -0.504 e. The standard InChI is InChI=1S/C13H11F3O4/c1-20-11-6-8(3-5-10(11)18)2-4-9(17)7-12(19)13(14,15)16/h2-6,18H,7H2,1H3/b4-2+. The second kappa shape index (κ2) is 6.23. The van der Waals surface area contributed by atoms with Crippen LogP contribution >= 0.6 is 0 Å². The molecule has 0 saturated heterocycles. The fourth-order valence-corrected chi connectivity index (χ4v) is 1.30. The summed E-state index contributed by atoms with van der Waals surface area (Å²) in [7, 11) is 1.33. The van der Waals surface area contributed by atoms with Gasteiger partial charge in [-0.25, -0.2) is 0 Å². The van der Waals surface area contributed by atoms with E-state index in [1.807, 2.05) is 0 Å². The van der Waals surface area contributed by atoms with E-state index in [2.05, 4.69) is 0 Å². The number of ketones is 2. The number of allylic oxidation sites excluding steroid dienone is 1. The van der Waals surface area contributed by atoms with Crippen LogP contribution in [0.1, 0.15) is 12.0 Å². The second-order valence-corrected chi connectivity index (χ2v) is 3.83. The molecule has 0 amide bonds. The molecule has 0 unspecified atom stereocenters. The number of benzene rings is 1. The number of hydrogen-bond acceptors (Lipinski definition) is 4. The molecule has 1 aromatic rings. The molecule has 0 spiro atoms. The Morgan fingerprint density at radius 2 is 2.00 bits per heavy atom. The van der Waals surface area contributed by atoms with Gasteiger partial charge < -0.3 is 9.84 Å². The number of Topliss-reactive ketones (excluding diaryl/α,β-unsaturated/α-hetero) is 1. The Bertz CT molecular complexity index is 547. The van der Waals surface area contributed by atoms with Crippen LogP contribution in [0.15, 0.2) is 24.3 Å². The van der Waals surface area contributed by atoms with Crippen LogP contribution in [0.5, 0.6) is 11.5 Å². The molecule has 1 aromatic carbocycles. The number of carbonyl (C=O) groups excluding carboxylic acids is 2. The number of aromatic hydroxyl groups is 1. The molecule has 0 saturated carbocycles. The van der Waals surface area contributed by atoms with Gasteiger partial charge in [0.05, 0.1) is 13.5 Å². The number of methoxy groups -OCH3 is 1. The number of alkyl halides is 3. The monoisotopic (exact) mass is 288 g/mol. The first-order valence-corrected chi connectivity index (χ1v) is 5.42. The zero-order chi connectivity index (χ0) is 15.3. The predicted octanol–water partition coefficient (Wildman–Crippen LogP) is 2.50. The highest BCUT2D eigenvalue weighted by Gasteiger charge is 2.38. The molecule has 0 aliphatic heterocycles. The van der Waals surface area contributed by atoms with Crippen molar-refractivity contribution in [2.45, 2.75) is 12.6 Å². The number of carbonyl (C=O) groups is 2. The van der Waals surface area contributed by atoms with Crippen LogP contribution in [-0.4, -0.2) is 30.0 Å². The molecule has 108 valence electrons. The first kappa shape index (κ1) is 15.7. The zero-order valence-corrected chi connectivity index (χ0v) is 10.4. The highest BCUT2D eigenvalue weighted by molar-refractivity contribution is 6.07. The molecule has 0 bridgehead atoms. The predicted molar refractivity (Wildman–Crippen MR) is 64.4 cm³/mol. The normalized spacial score (nSPS) is 11.6. The van der Waals surface area contributed by atoms with Gasteiger partial charge in [-0.1, -0.05) is 12.1 Å². The summed E-state index contributed by atoms with van der Waals surface area (Å²) in [6.07, 6.45) is -4.14. The third kappa shape index (κ3) is 4.42. The maximum Gasteiger partial charge on any atom is 0.450 e. The molecule has 0 aromatic heterocycles. The maximum absolute atomic E-state index is 11.9. The van der Waals surface area contributed by atoms with Gasteiger partial charge in [-0.05, 0) is 23.8 Å². The quantitative estimate of drug-likeness (QED) is 0.668. The molecule has 0 heterocycles. The largest absolute Gasteiger partial charge is 0.504 e. The molecular weight excluding hydrogens is 277 g/mol. The molecule has 0 aliphatic carbocycles. The highest BCUT2D eigenvalue weighted by Crippen LogP contribution is 2.26. The average molecular weight is 288 g/mol. The van der Waals surface area contributed by atoms with E-state index in [0.717, 1.165) is 6.08 Å². The molecule has 1 rings (SSSR count). The Hall–Kier alpha value is -2.31. The van der Waals surface area contributed by atoms with Crippen LogP contribution < -0.4 is 4.74 Å². The van der Waals surface area contributed by atoms with E-state index in [1.54, 1.807) is 0 Å². The lowest BCUT2D eigenvalue weighted by Gasteiger charge is -2.04. The van der Waals surface area contributed by atoms with E-state index < -0.39 is 24.2 Å². The van der Waals surface area contributed by atoms with Crippen LogP contribution in [0, 0.1) is 0 Å². The second-order valence-electron chi connectivity index (χ2n) is 3.83. The van der Waals surface area contributed by atoms with E-state index >= 15 is 0 Å². The Balaban J connectivity index is 2.73. The van der Waals surface area contributed by atoms with Gasteiger partial charge in [0, 0.05) is 0 Å². The van der Waals surface area contributed by atoms with Gasteiger partial charge in [-0.15, -0.1) is 0 Å². The van der Waals surface area contributed by atoms with E-state index in [1.165, 1.54) is 31.4 Å². The number of ether oxygens (including phenoxy) is 1. The van der Waals surface area contributed by atoms with Gasteiger partial charge in [0.15, 0.2) is 17.3 Å². The van der Waals surface area contributed by atoms with Gasteiger partial charge in [-0.3, -0.25) is 9.59 Å². The zero-order valence-electron chi connectivity index (χ0n) is 10.4. The van der Waals surface area contributed by atoms with Crippen molar-refractivity contribution in [3.05, 3.63) is 29.8 Å². The SMILES string of the molecule is COc1cc(/C=C/C(=O)CC(=O)C(F)(F)F)ccc1O. The van der Waals surface area contributed by atoms with Crippen molar-refractivity contribution in [1.29, 1.82) is 0 Å². The third-order valence-corrected chi connectivity index (χ3v) is 2.32. The summed E-state index contributed by atoms with van der Waals surface area (Å²) in [5.74, 6) is -3.00. The smallest absolute Gasteiger partial charge is 0.450 e. The number of phenols is 1. The average Bonchev–Trinajstić information content (AvgIpc) is 2.36. The van der Waals surface area contributed by atoms with Gasteiger partial charge >= 0.3 is 6.18 Å². The number of hydrogen-bond donors (Lipinski definition) is 1. The topological polar surface area (TPSA) is 63.6 Å². The summed E-state index contributed by atoms with van der Waals surface area (Å²) >= 11 is 0. The van der Waals surface area contributed by atoms with Crippen molar-refractivity contribution in [2.24, 2.45) is 0 Å². The summed E-state index contributed by atoms with van der Waals surface area (Å²) in [5, 5.41) is 9.34. The van der Waals surface area contributed by atoms with Crippen molar-refractivity contribution in [2.75, 3.05) is 7.11 Å². The minimum absolute atomic E-state index is 0.108. The maximum atomic E-state index is 11.9. The van der Waals surface area contributed by atoms with Crippen LogP contribution in [-0.2, 0) is 9.59 Å². The molecule has 7 heteroatoms. The lowest BCUT2D eigenvalue weighted by atomic mass is 10.1. The molecule has 1 N–H and O–H groups in total. The van der Waals surface area contributed by atoms with Crippen molar-refractivity contribution >= 4 is 17.6 Å². The first-order valence-electron chi connectivity index (χ1n) is 5.42. The lowest BCUT2D eigenvalue weighted by molar-refractivity contribution is -0.171. The van der Waals surface area contributed by atoms with Crippen LogP contribution in [0.4, 0.5) is 13.2 Å². The first-order chi connectivity index (χ1) is 9.24. The van der Waals surface area contributed by atoms with Crippen LogP contribution in [0.25, 0.3) is 6.08 Å². The summed E-state index contributed by atoms with van der Waals surface area (Å²) in [4.78, 5) is 21.8. The molecule has 0 aliphatic rings. The molecule has 20 heavy (non-hydrogen) atoms. The van der Waals surface area contributed by atoms with Gasteiger partial charge in [0.1, 0.15) is 0 Å². The molecule has 4 nitrogen and oxygen atoms in total. The van der Waals surface area contributed by atoms with Crippen molar-refractivity contribution in [3.8, 4) is 11.5 Å². The molecular formula is C13H11F3O4. The van der Waals surface area contributed by atoms with E-state index in [0.29, 0.717) is 5.56 Å². The number of rotatable bonds is 5. The summed E-state index contributed by atoms with van der Waals surface area (Å²) in [6.45, 7) is 0. The van der Waals surface area contributed by atoms with Crippen molar-refractivity contribution < 1.29 is 32.6 Å². The van der Waals surface area contributed by atoms with Crippen molar-refractivity contribution in [3.63, 3.8) is 0 Å².